The van der Waals surface area contributed by atoms with E-state index in [9.17, 15) is 0 Å². The standard InChI is InChI=1S/2C18H16BrNO3/c1-21-10-11-22-13-4-2-5-14(12-13)23-17-7-3-6-16-15(17)8-9-18(19)20-16;1-21-11-12-22-13-5-7-14(8-6-13)23-17-4-2-3-16-15(17)9-10-18(19)20-16/h2-9,12H,10-11H2,1H3;2-10H,11-12H2,1H3. The second-order valence-electron chi connectivity index (χ2n) is 9.75. The van der Waals surface area contributed by atoms with Crippen LogP contribution in [0.25, 0.3) is 21.8 Å². The van der Waals surface area contributed by atoms with Crippen molar-refractivity contribution in [1.82, 2.24) is 9.97 Å². The van der Waals surface area contributed by atoms with Crippen molar-refractivity contribution in [2.75, 3.05) is 40.6 Å². The van der Waals surface area contributed by atoms with Gasteiger partial charge in [0.25, 0.3) is 0 Å². The number of hydrogen-bond acceptors (Lipinski definition) is 8. The van der Waals surface area contributed by atoms with Gasteiger partial charge in [0.1, 0.15) is 56.9 Å². The van der Waals surface area contributed by atoms with E-state index in [0.717, 1.165) is 65.5 Å². The number of fused-ring (bicyclic) bond motifs is 2. The largest absolute Gasteiger partial charge is 0.491 e. The normalized spacial score (nSPS) is 10.7. The van der Waals surface area contributed by atoms with Crippen LogP contribution in [0.1, 0.15) is 0 Å². The van der Waals surface area contributed by atoms with Crippen LogP contribution in [0.2, 0.25) is 0 Å². The summed E-state index contributed by atoms with van der Waals surface area (Å²) in [7, 11) is 3.30. The Morgan fingerprint density at radius 2 is 0.957 bits per heavy atom. The van der Waals surface area contributed by atoms with Gasteiger partial charge in [0, 0.05) is 31.1 Å². The summed E-state index contributed by atoms with van der Waals surface area (Å²) in [5.41, 5.74) is 1.76. The van der Waals surface area contributed by atoms with Crippen LogP contribution in [-0.4, -0.2) is 50.6 Å². The van der Waals surface area contributed by atoms with Crippen LogP contribution >= 0.6 is 31.9 Å². The highest BCUT2D eigenvalue weighted by Gasteiger charge is 2.07. The average Bonchev–Trinajstić information content (AvgIpc) is 3.06. The molecule has 10 heteroatoms. The van der Waals surface area contributed by atoms with Gasteiger partial charge >= 0.3 is 0 Å². The minimum Gasteiger partial charge on any atom is -0.491 e. The molecule has 2 aromatic heterocycles. The number of halogens is 2. The topological polar surface area (TPSA) is 81.2 Å². The summed E-state index contributed by atoms with van der Waals surface area (Å²) < 4.78 is 34.7. The molecule has 8 nitrogen and oxygen atoms in total. The summed E-state index contributed by atoms with van der Waals surface area (Å²) >= 11 is 6.77. The fourth-order valence-electron chi connectivity index (χ4n) is 4.35. The number of ether oxygens (including phenoxy) is 6. The quantitative estimate of drug-likeness (QED) is 0.0905. The number of nitrogens with zero attached hydrogens (tertiary/aromatic N) is 2. The minimum atomic E-state index is 0.506. The number of methoxy groups -OCH3 is 2. The molecule has 0 aliphatic carbocycles. The number of aromatic nitrogens is 2. The zero-order valence-corrected chi connectivity index (χ0v) is 28.5. The molecular formula is C36H32Br2N2O6. The van der Waals surface area contributed by atoms with Gasteiger partial charge in [-0.25, -0.2) is 9.97 Å². The average molecular weight is 748 g/mol. The number of rotatable bonds is 12. The molecular weight excluding hydrogens is 716 g/mol. The Morgan fingerprint density at radius 1 is 0.478 bits per heavy atom. The summed E-state index contributed by atoms with van der Waals surface area (Å²) in [6.07, 6.45) is 0. The summed E-state index contributed by atoms with van der Waals surface area (Å²) in [6.45, 7) is 2.15. The van der Waals surface area contributed by atoms with Crippen molar-refractivity contribution in [2.45, 2.75) is 0 Å². The molecule has 0 N–H and O–H groups in total. The number of pyridine rings is 2. The summed E-state index contributed by atoms with van der Waals surface area (Å²) in [5.74, 6) is 4.54. The number of benzene rings is 4. The highest BCUT2D eigenvalue weighted by Crippen LogP contribution is 2.32. The Morgan fingerprint density at radius 3 is 1.52 bits per heavy atom. The van der Waals surface area contributed by atoms with Crippen LogP contribution in [0.15, 0.2) is 118 Å². The van der Waals surface area contributed by atoms with Crippen molar-refractivity contribution >= 4 is 53.7 Å². The first kappa shape index (κ1) is 33.2. The molecule has 46 heavy (non-hydrogen) atoms. The minimum absolute atomic E-state index is 0.506. The van der Waals surface area contributed by atoms with Crippen LogP contribution in [0.3, 0.4) is 0 Å². The fraction of sp³-hybridized carbons (Fsp3) is 0.167. The lowest BCUT2D eigenvalue weighted by Crippen LogP contribution is -2.04. The van der Waals surface area contributed by atoms with Crippen molar-refractivity contribution in [3.8, 4) is 34.5 Å². The van der Waals surface area contributed by atoms with Crippen molar-refractivity contribution in [3.05, 3.63) is 118 Å². The van der Waals surface area contributed by atoms with E-state index in [-0.39, 0.29) is 0 Å². The molecule has 0 unspecified atom stereocenters. The van der Waals surface area contributed by atoms with Crippen molar-refractivity contribution < 1.29 is 28.4 Å². The maximum Gasteiger partial charge on any atom is 0.136 e. The summed E-state index contributed by atoms with van der Waals surface area (Å²) in [4.78, 5) is 8.88. The zero-order valence-electron chi connectivity index (χ0n) is 25.3. The van der Waals surface area contributed by atoms with E-state index in [2.05, 4.69) is 41.8 Å². The Labute approximate surface area is 284 Å². The summed E-state index contributed by atoms with van der Waals surface area (Å²) in [6, 6.07) is 34.5. The van der Waals surface area contributed by atoms with Gasteiger partial charge in [0.2, 0.25) is 0 Å². The van der Waals surface area contributed by atoms with Crippen LogP contribution < -0.4 is 18.9 Å². The van der Waals surface area contributed by atoms with Gasteiger partial charge in [-0.3, -0.25) is 0 Å². The second kappa shape index (κ2) is 16.9. The van der Waals surface area contributed by atoms with Gasteiger partial charge in [-0.2, -0.15) is 0 Å². The highest BCUT2D eigenvalue weighted by atomic mass is 79.9. The molecule has 2 heterocycles. The van der Waals surface area contributed by atoms with E-state index in [1.165, 1.54) is 0 Å². The van der Waals surface area contributed by atoms with Crippen LogP contribution in [0.5, 0.6) is 34.5 Å². The van der Waals surface area contributed by atoms with E-state index < -0.39 is 0 Å². The lowest BCUT2D eigenvalue weighted by Gasteiger charge is -2.11. The fourth-order valence-corrected chi connectivity index (χ4v) is 5.00. The molecule has 0 saturated carbocycles. The van der Waals surface area contributed by atoms with Crippen LogP contribution in [0, 0.1) is 0 Å². The molecule has 6 aromatic rings. The molecule has 0 atom stereocenters. The van der Waals surface area contributed by atoms with Crippen molar-refractivity contribution in [3.63, 3.8) is 0 Å². The lowest BCUT2D eigenvalue weighted by atomic mass is 10.2. The SMILES string of the molecule is COCCOc1ccc(Oc2cccc3nc(Br)ccc23)cc1.COCCOc1cccc(Oc2cccc3nc(Br)ccc23)c1. The first-order chi connectivity index (χ1) is 22.5. The Kier molecular flexibility index (Phi) is 12.2. The maximum atomic E-state index is 6.01. The zero-order chi connectivity index (χ0) is 32.1. The molecule has 0 amide bonds. The molecule has 0 saturated heterocycles. The van der Waals surface area contributed by atoms with Crippen molar-refractivity contribution in [2.24, 2.45) is 0 Å². The third kappa shape index (κ3) is 9.40. The summed E-state index contributed by atoms with van der Waals surface area (Å²) in [5, 5.41) is 1.93. The van der Waals surface area contributed by atoms with Crippen LogP contribution in [-0.2, 0) is 9.47 Å². The van der Waals surface area contributed by atoms with E-state index in [1.54, 1.807) is 14.2 Å². The first-order valence-electron chi connectivity index (χ1n) is 14.4. The predicted molar refractivity (Wildman–Crippen MR) is 187 cm³/mol. The van der Waals surface area contributed by atoms with Gasteiger partial charge < -0.3 is 28.4 Å². The predicted octanol–water partition coefficient (Wildman–Crippen LogP) is 9.63. The van der Waals surface area contributed by atoms with E-state index in [1.807, 2.05) is 109 Å². The van der Waals surface area contributed by atoms with Gasteiger partial charge in [-0.05, 0) is 117 Å². The molecule has 0 fully saturated rings. The molecule has 0 radical (unpaired) electrons. The van der Waals surface area contributed by atoms with Gasteiger partial charge in [0.05, 0.1) is 24.2 Å². The first-order valence-corrected chi connectivity index (χ1v) is 16.0. The second-order valence-corrected chi connectivity index (χ2v) is 11.4. The Bertz CT molecular complexity index is 1870. The molecule has 0 spiro atoms. The van der Waals surface area contributed by atoms with Crippen molar-refractivity contribution in [1.29, 1.82) is 0 Å². The molecule has 0 aliphatic rings. The lowest BCUT2D eigenvalue weighted by molar-refractivity contribution is 0.146. The highest BCUT2D eigenvalue weighted by molar-refractivity contribution is 9.10. The van der Waals surface area contributed by atoms with Gasteiger partial charge in [-0.15, -0.1) is 0 Å². The molecule has 236 valence electrons. The monoisotopic (exact) mass is 746 g/mol. The third-order valence-electron chi connectivity index (χ3n) is 6.51. The van der Waals surface area contributed by atoms with E-state index in [4.69, 9.17) is 28.4 Å². The molecule has 6 rings (SSSR count). The molecule has 0 aliphatic heterocycles. The smallest absolute Gasteiger partial charge is 0.136 e. The van der Waals surface area contributed by atoms with Gasteiger partial charge in [0.15, 0.2) is 0 Å². The van der Waals surface area contributed by atoms with Gasteiger partial charge in [-0.1, -0.05) is 18.2 Å². The van der Waals surface area contributed by atoms with E-state index >= 15 is 0 Å². The third-order valence-corrected chi connectivity index (χ3v) is 7.40. The molecule has 0 bridgehead atoms. The molecule has 4 aromatic carbocycles. The van der Waals surface area contributed by atoms with E-state index in [0.29, 0.717) is 26.4 Å². The number of hydrogen-bond donors (Lipinski definition) is 0. The van der Waals surface area contributed by atoms with Crippen LogP contribution in [0.4, 0.5) is 0 Å². The maximum absolute atomic E-state index is 6.01. The Balaban J connectivity index is 0.000000181. The Hall–Kier alpha value is -4.22.